The highest BCUT2D eigenvalue weighted by atomic mass is 16.3. The topological polar surface area (TPSA) is 13.1 Å². The van der Waals surface area contributed by atoms with Crippen molar-refractivity contribution in [2.75, 3.05) is 0 Å². The molecule has 1 aromatic rings. The van der Waals surface area contributed by atoms with Crippen molar-refractivity contribution in [2.45, 2.75) is 6.92 Å². The zero-order valence-electron chi connectivity index (χ0n) is 6.37. The molecule has 0 aliphatic heterocycles. The molecule has 1 radical (unpaired) electrons. The van der Waals surface area contributed by atoms with Crippen LogP contribution < -0.4 is 0 Å². The van der Waals surface area contributed by atoms with E-state index in [1.807, 2.05) is 6.07 Å². The Kier molecular flexibility index (Phi) is 1.42. The van der Waals surface area contributed by atoms with Gasteiger partial charge in [-0.25, -0.2) is 0 Å². The fourth-order valence-electron chi connectivity index (χ4n) is 1.18. The summed E-state index contributed by atoms with van der Waals surface area (Å²) in [4.78, 5) is 0. The van der Waals surface area contributed by atoms with Gasteiger partial charge >= 0.3 is 0 Å². The fraction of sp³-hybridized carbons (Fsp3) is 0.200. The van der Waals surface area contributed by atoms with Crippen molar-refractivity contribution in [3.63, 3.8) is 0 Å². The molecule has 0 saturated heterocycles. The lowest BCUT2D eigenvalue weighted by Crippen LogP contribution is -1.77. The van der Waals surface area contributed by atoms with Gasteiger partial charge in [0.15, 0.2) is 0 Å². The molecule has 0 spiro atoms. The number of rotatable bonds is 1. The Labute approximate surface area is 66.0 Å². The van der Waals surface area contributed by atoms with Gasteiger partial charge in [-0.2, -0.15) is 0 Å². The maximum Gasteiger partial charge on any atom is 0.0981 e. The molecule has 1 unspecified atom stereocenters. The van der Waals surface area contributed by atoms with E-state index in [1.54, 1.807) is 12.5 Å². The van der Waals surface area contributed by atoms with Crippen molar-refractivity contribution in [1.82, 2.24) is 0 Å². The van der Waals surface area contributed by atoms with Crippen molar-refractivity contribution in [2.24, 2.45) is 5.92 Å². The van der Waals surface area contributed by atoms with Gasteiger partial charge in [-0.05, 0) is 17.7 Å². The number of furan rings is 1. The Morgan fingerprint density at radius 3 is 3.00 bits per heavy atom. The first kappa shape index (κ1) is 6.47. The molecule has 11 heavy (non-hydrogen) atoms. The molecule has 0 amide bonds. The molecule has 0 bridgehead atoms. The van der Waals surface area contributed by atoms with Crippen LogP contribution in [0.1, 0.15) is 12.5 Å². The summed E-state index contributed by atoms with van der Waals surface area (Å²) in [7, 11) is 0. The van der Waals surface area contributed by atoms with Crippen molar-refractivity contribution >= 4 is 5.57 Å². The maximum atomic E-state index is 4.97. The van der Waals surface area contributed by atoms with E-state index in [1.165, 1.54) is 0 Å². The highest BCUT2D eigenvalue weighted by molar-refractivity contribution is 5.74. The van der Waals surface area contributed by atoms with E-state index in [0.717, 1.165) is 11.1 Å². The number of hydrogen-bond donors (Lipinski definition) is 0. The summed E-state index contributed by atoms with van der Waals surface area (Å²) in [5, 5.41) is 0. The third-order valence-corrected chi connectivity index (χ3v) is 1.77. The first-order valence-electron chi connectivity index (χ1n) is 3.70. The Bertz CT molecular complexity index is 291. The monoisotopic (exact) mass is 145 g/mol. The molecule has 0 aromatic carbocycles. The van der Waals surface area contributed by atoms with Crippen LogP contribution >= 0.6 is 0 Å². The minimum atomic E-state index is 0.444. The van der Waals surface area contributed by atoms with Gasteiger partial charge in [0.25, 0.3) is 0 Å². The zero-order valence-corrected chi connectivity index (χ0v) is 6.37. The molecule has 1 atom stereocenters. The minimum Gasteiger partial charge on any atom is -0.472 e. The Hall–Kier alpha value is -1.24. The van der Waals surface area contributed by atoms with Crippen LogP contribution in [0.5, 0.6) is 0 Å². The van der Waals surface area contributed by atoms with Gasteiger partial charge < -0.3 is 4.42 Å². The summed E-state index contributed by atoms with van der Waals surface area (Å²) in [6, 6.07) is 1.95. The Morgan fingerprint density at radius 1 is 1.55 bits per heavy atom. The molecule has 1 aliphatic rings. The normalized spacial score (nSPS) is 22.3. The average Bonchev–Trinajstić information content (AvgIpc) is 2.55. The third-order valence-electron chi connectivity index (χ3n) is 1.77. The van der Waals surface area contributed by atoms with E-state index in [-0.39, 0.29) is 0 Å². The zero-order chi connectivity index (χ0) is 7.68. The van der Waals surface area contributed by atoms with Crippen molar-refractivity contribution in [3.8, 4) is 0 Å². The summed E-state index contributed by atoms with van der Waals surface area (Å²) in [5.74, 6) is 0.444. The number of allylic oxidation sites excluding steroid dienone is 4. The van der Waals surface area contributed by atoms with E-state index in [2.05, 4.69) is 25.2 Å². The van der Waals surface area contributed by atoms with Crippen LogP contribution in [0.15, 0.2) is 35.2 Å². The second kappa shape index (κ2) is 2.42. The molecular weight excluding hydrogens is 136 g/mol. The predicted molar refractivity (Wildman–Crippen MR) is 43.7 cm³/mol. The summed E-state index contributed by atoms with van der Waals surface area (Å²) >= 11 is 0. The molecule has 0 N–H and O–H groups in total. The van der Waals surface area contributed by atoms with Gasteiger partial charge in [0, 0.05) is 11.5 Å². The molecule has 1 heteroatoms. The molecule has 1 aliphatic carbocycles. The van der Waals surface area contributed by atoms with Crippen LogP contribution in [0.2, 0.25) is 0 Å². The quantitative estimate of drug-likeness (QED) is 0.592. The van der Waals surface area contributed by atoms with E-state index in [9.17, 15) is 0 Å². The first-order chi connectivity index (χ1) is 5.36. The third kappa shape index (κ3) is 1.14. The lowest BCUT2D eigenvalue weighted by atomic mass is 10.1. The van der Waals surface area contributed by atoms with Crippen LogP contribution in [0.4, 0.5) is 0 Å². The molecule has 1 aromatic heterocycles. The lowest BCUT2D eigenvalue weighted by molar-refractivity contribution is 0.566. The van der Waals surface area contributed by atoms with Crippen LogP contribution in [0, 0.1) is 12.0 Å². The predicted octanol–water partition coefficient (Wildman–Crippen LogP) is 2.67. The second-order valence-corrected chi connectivity index (χ2v) is 2.72. The van der Waals surface area contributed by atoms with Gasteiger partial charge in [-0.15, -0.1) is 0 Å². The van der Waals surface area contributed by atoms with Crippen molar-refractivity contribution in [3.05, 3.63) is 42.4 Å². The molecular formula is C10H9O. The van der Waals surface area contributed by atoms with Crippen LogP contribution in [-0.4, -0.2) is 0 Å². The highest BCUT2D eigenvalue weighted by Crippen LogP contribution is 2.23. The highest BCUT2D eigenvalue weighted by Gasteiger charge is 2.07. The largest absolute Gasteiger partial charge is 0.472 e. The first-order valence-corrected chi connectivity index (χ1v) is 3.70. The molecule has 2 rings (SSSR count). The summed E-state index contributed by atoms with van der Waals surface area (Å²) in [6.07, 6.45) is 10.9. The van der Waals surface area contributed by atoms with Gasteiger partial charge in [-0.1, -0.05) is 19.1 Å². The smallest absolute Gasteiger partial charge is 0.0981 e. The van der Waals surface area contributed by atoms with Crippen LogP contribution in [0.25, 0.3) is 5.57 Å². The molecule has 1 heterocycles. The molecule has 0 fully saturated rings. The summed E-state index contributed by atoms with van der Waals surface area (Å²) < 4.78 is 4.97. The standard InChI is InChI=1S/C10H9O/c1-8-2-3-9(6-8)10-4-5-11-7-10/h2-5,7-8H,1H3. The molecule has 55 valence electrons. The summed E-state index contributed by atoms with van der Waals surface area (Å²) in [5.41, 5.74) is 2.26. The van der Waals surface area contributed by atoms with Gasteiger partial charge in [0.2, 0.25) is 0 Å². The SMILES string of the molecule is CC1[C]=C(c2ccoc2)C=C1. The van der Waals surface area contributed by atoms with Gasteiger partial charge in [0.05, 0.1) is 12.5 Å². The molecule has 1 nitrogen and oxygen atoms in total. The Morgan fingerprint density at radius 2 is 2.45 bits per heavy atom. The van der Waals surface area contributed by atoms with Crippen LogP contribution in [0.3, 0.4) is 0 Å². The van der Waals surface area contributed by atoms with Crippen molar-refractivity contribution < 1.29 is 4.42 Å². The van der Waals surface area contributed by atoms with Crippen molar-refractivity contribution in [1.29, 1.82) is 0 Å². The molecule has 0 saturated carbocycles. The van der Waals surface area contributed by atoms with Gasteiger partial charge in [0.1, 0.15) is 0 Å². The van der Waals surface area contributed by atoms with E-state index in [0.29, 0.717) is 5.92 Å². The Balaban J connectivity index is 2.33. The maximum absolute atomic E-state index is 4.97. The summed E-state index contributed by atoms with van der Waals surface area (Å²) in [6.45, 7) is 2.11. The lowest BCUT2D eigenvalue weighted by Gasteiger charge is -1.90. The minimum absolute atomic E-state index is 0.444. The number of hydrogen-bond acceptors (Lipinski definition) is 1. The fourth-order valence-corrected chi connectivity index (χ4v) is 1.18. The second-order valence-electron chi connectivity index (χ2n) is 2.72. The van der Waals surface area contributed by atoms with E-state index < -0.39 is 0 Å². The van der Waals surface area contributed by atoms with Gasteiger partial charge in [-0.3, -0.25) is 0 Å². The van der Waals surface area contributed by atoms with E-state index >= 15 is 0 Å². The van der Waals surface area contributed by atoms with Crippen LogP contribution in [-0.2, 0) is 0 Å². The van der Waals surface area contributed by atoms with E-state index in [4.69, 9.17) is 4.42 Å². The average molecular weight is 145 g/mol.